The second kappa shape index (κ2) is 10.0. The minimum absolute atomic E-state index is 0.152. The van der Waals surface area contributed by atoms with Gasteiger partial charge in [-0.3, -0.25) is 4.79 Å². The summed E-state index contributed by atoms with van der Waals surface area (Å²) in [4.78, 5) is 18.4. The predicted octanol–water partition coefficient (Wildman–Crippen LogP) is 5.24. The maximum Gasteiger partial charge on any atom is 0.417 e. The lowest BCUT2D eigenvalue weighted by molar-refractivity contribution is -0.137. The number of piperidine rings is 1. The third-order valence-corrected chi connectivity index (χ3v) is 7.22. The quantitative estimate of drug-likeness (QED) is 0.285. The molecule has 0 saturated carbocycles. The van der Waals surface area contributed by atoms with E-state index in [0.717, 1.165) is 17.8 Å². The summed E-state index contributed by atoms with van der Waals surface area (Å²) in [5.41, 5.74) is 0.171. The Kier molecular flexibility index (Phi) is 7.13. The van der Waals surface area contributed by atoms with Crippen molar-refractivity contribution in [2.24, 2.45) is 5.92 Å². The molecule has 0 bridgehead atoms. The number of amides is 1. The standard InChI is InChI=1S/C21H19F4N5OS2/c22-16-4-1-13(2-5-16)12-32-20-29-28-19(33-20)27-18(31)14-7-9-30(10-8-14)17-6-3-15(11-26-17)21(23,24)25/h1-6,11,14H,7-10,12H2,(H,27,28,31). The van der Waals surface area contributed by atoms with Crippen LogP contribution in [0.4, 0.5) is 28.5 Å². The molecule has 0 aliphatic carbocycles. The first-order chi connectivity index (χ1) is 15.8. The van der Waals surface area contributed by atoms with E-state index in [1.807, 2.05) is 4.90 Å². The summed E-state index contributed by atoms with van der Waals surface area (Å²) in [6, 6.07) is 8.59. The van der Waals surface area contributed by atoms with Crippen LogP contribution in [-0.4, -0.2) is 34.2 Å². The number of alkyl halides is 3. The molecule has 6 nitrogen and oxygen atoms in total. The molecule has 1 fully saturated rings. The number of hydrogen-bond acceptors (Lipinski definition) is 7. The van der Waals surface area contributed by atoms with E-state index >= 15 is 0 Å². The summed E-state index contributed by atoms with van der Waals surface area (Å²) in [5.74, 6) is 0.412. The zero-order valence-corrected chi connectivity index (χ0v) is 18.8. The van der Waals surface area contributed by atoms with Crippen LogP contribution in [0, 0.1) is 11.7 Å². The fourth-order valence-electron chi connectivity index (χ4n) is 3.36. The van der Waals surface area contributed by atoms with Crippen LogP contribution >= 0.6 is 23.1 Å². The number of hydrogen-bond donors (Lipinski definition) is 1. The third kappa shape index (κ3) is 6.20. The number of carbonyl (C=O) groups is 1. The highest BCUT2D eigenvalue weighted by atomic mass is 32.2. The molecule has 0 spiro atoms. The number of aromatic nitrogens is 3. The number of halogens is 4. The van der Waals surface area contributed by atoms with Crippen molar-refractivity contribution in [1.29, 1.82) is 0 Å². The highest BCUT2D eigenvalue weighted by Crippen LogP contribution is 2.31. The molecule has 1 amide bonds. The van der Waals surface area contributed by atoms with E-state index in [0.29, 0.717) is 47.0 Å². The lowest BCUT2D eigenvalue weighted by Crippen LogP contribution is -2.38. The van der Waals surface area contributed by atoms with Gasteiger partial charge in [-0.2, -0.15) is 13.2 Å². The van der Waals surface area contributed by atoms with Gasteiger partial charge in [0.1, 0.15) is 11.6 Å². The molecule has 2 aromatic heterocycles. The second-order valence-corrected chi connectivity index (χ2v) is 9.64. The van der Waals surface area contributed by atoms with E-state index in [9.17, 15) is 22.4 Å². The molecule has 33 heavy (non-hydrogen) atoms. The first kappa shape index (κ1) is 23.4. The highest BCUT2D eigenvalue weighted by Gasteiger charge is 2.31. The van der Waals surface area contributed by atoms with E-state index in [1.54, 1.807) is 12.1 Å². The average Bonchev–Trinajstić information content (AvgIpc) is 3.25. The molecule has 3 aromatic rings. The monoisotopic (exact) mass is 497 g/mol. The Bertz CT molecular complexity index is 1080. The van der Waals surface area contributed by atoms with Crippen molar-refractivity contribution in [1.82, 2.24) is 15.2 Å². The molecule has 1 aromatic carbocycles. The van der Waals surface area contributed by atoms with E-state index in [1.165, 1.54) is 41.3 Å². The maximum atomic E-state index is 13.0. The van der Waals surface area contributed by atoms with E-state index in [-0.39, 0.29) is 17.6 Å². The van der Waals surface area contributed by atoms with Gasteiger partial charge in [0, 0.05) is 31.0 Å². The highest BCUT2D eigenvalue weighted by molar-refractivity contribution is 8.00. The summed E-state index contributed by atoms with van der Waals surface area (Å²) >= 11 is 2.72. The summed E-state index contributed by atoms with van der Waals surface area (Å²) in [6.45, 7) is 1.04. The third-order valence-electron chi connectivity index (χ3n) is 5.18. The van der Waals surface area contributed by atoms with Crippen LogP contribution < -0.4 is 10.2 Å². The van der Waals surface area contributed by atoms with Gasteiger partial charge in [-0.05, 0) is 42.7 Å². The summed E-state index contributed by atoms with van der Waals surface area (Å²) in [6.07, 6.45) is -2.48. The Balaban J connectivity index is 1.25. The smallest absolute Gasteiger partial charge is 0.357 e. The van der Waals surface area contributed by atoms with Gasteiger partial charge in [0.2, 0.25) is 11.0 Å². The van der Waals surface area contributed by atoms with Crippen molar-refractivity contribution in [3.05, 3.63) is 59.5 Å². The minimum atomic E-state index is -4.42. The molecular formula is C21H19F4N5OS2. The molecule has 3 heterocycles. The van der Waals surface area contributed by atoms with Crippen molar-refractivity contribution in [3.8, 4) is 0 Å². The summed E-state index contributed by atoms with van der Waals surface area (Å²) in [7, 11) is 0. The molecule has 1 aliphatic heterocycles. The van der Waals surface area contributed by atoms with Gasteiger partial charge in [-0.25, -0.2) is 9.37 Å². The fraction of sp³-hybridized carbons (Fsp3) is 0.333. The molecule has 1 N–H and O–H groups in total. The fourth-order valence-corrected chi connectivity index (χ4v) is 5.07. The number of carbonyl (C=O) groups excluding carboxylic acids is 1. The van der Waals surface area contributed by atoms with Gasteiger partial charge in [0.25, 0.3) is 0 Å². The molecule has 1 aliphatic rings. The Morgan fingerprint density at radius 3 is 2.48 bits per heavy atom. The topological polar surface area (TPSA) is 71.0 Å². The number of benzene rings is 1. The molecule has 12 heteroatoms. The van der Waals surface area contributed by atoms with Crippen LogP contribution in [0.15, 0.2) is 46.9 Å². The van der Waals surface area contributed by atoms with Crippen molar-refractivity contribution in [2.75, 3.05) is 23.3 Å². The normalized spacial score (nSPS) is 15.0. The van der Waals surface area contributed by atoms with E-state index in [4.69, 9.17) is 0 Å². The second-order valence-electron chi connectivity index (χ2n) is 7.44. The molecule has 4 rings (SSSR count). The molecule has 0 atom stereocenters. The number of anilines is 2. The van der Waals surface area contributed by atoms with Crippen LogP contribution in [0.3, 0.4) is 0 Å². The number of nitrogens with one attached hydrogen (secondary N) is 1. The number of pyridine rings is 1. The first-order valence-corrected chi connectivity index (χ1v) is 11.9. The van der Waals surface area contributed by atoms with E-state index < -0.39 is 11.7 Å². The molecule has 1 saturated heterocycles. The lowest BCUT2D eigenvalue weighted by Gasteiger charge is -2.32. The number of rotatable bonds is 6. The number of thioether (sulfide) groups is 1. The lowest BCUT2D eigenvalue weighted by atomic mass is 9.96. The first-order valence-electron chi connectivity index (χ1n) is 10.1. The Morgan fingerprint density at radius 1 is 1.12 bits per heavy atom. The van der Waals surface area contributed by atoms with Crippen LogP contribution in [0.5, 0.6) is 0 Å². The molecule has 0 unspecified atom stereocenters. The van der Waals surface area contributed by atoms with Crippen molar-refractivity contribution >= 4 is 40.0 Å². The zero-order valence-electron chi connectivity index (χ0n) is 17.2. The SMILES string of the molecule is O=C(Nc1nnc(SCc2ccc(F)cc2)s1)C1CCN(c2ccc(C(F)(F)F)cn2)CC1. The average molecular weight is 498 g/mol. The van der Waals surface area contributed by atoms with Crippen LogP contribution in [0.2, 0.25) is 0 Å². The van der Waals surface area contributed by atoms with Crippen LogP contribution in [-0.2, 0) is 16.7 Å². The van der Waals surface area contributed by atoms with Crippen LogP contribution in [0.25, 0.3) is 0 Å². The van der Waals surface area contributed by atoms with Gasteiger partial charge < -0.3 is 10.2 Å². The number of nitrogens with zero attached hydrogens (tertiary/aromatic N) is 4. The molecule has 0 radical (unpaired) electrons. The van der Waals surface area contributed by atoms with Gasteiger partial charge in [-0.15, -0.1) is 10.2 Å². The van der Waals surface area contributed by atoms with Gasteiger partial charge in [0.15, 0.2) is 4.34 Å². The Labute approximate surface area is 195 Å². The van der Waals surface area contributed by atoms with Gasteiger partial charge in [0.05, 0.1) is 5.56 Å². The largest absolute Gasteiger partial charge is 0.417 e. The van der Waals surface area contributed by atoms with Crippen LogP contribution in [0.1, 0.15) is 24.0 Å². The van der Waals surface area contributed by atoms with Crippen molar-refractivity contribution < 1.29 is 22.4 Å². The summed E-state index contributed by atoms with van der Waals surface area (Å²) in [5, 5.41) is 11.3. The van der Waals surface area contributed by atoms with E-state index in [2.05, 4.69) is 20.5 Å². The molecular weight excluding hydrogens is 478 g/mol. The summed E-state index contributed by atoms with van der Waals surface area (Å²) < 4.78 is 51.8. The van der Waals surface area contributed by atoms with Gasteiger partial charge >= 0.3 is 6.18 Å². The Morgan fingerprint density at radius 2 is 1.85 bits per heavy atom. The van der Waals surface area contributed by atoms with Crippen molar-refractivity contribution in [2.45, 2.75) is 29.1 Å². The maximum absolute atomic E-state index is 13.0. The Hall–Kier alpha value is -2.73. The predicted molar refractivity (Wildman–Crippen MR) is 119 cm³/mol. The molecule has 174 valence electrons. The zero-order chi connectivity index (χ0) is 23.4. The minimum Gasteiger partial charge on any atom is -0.357 e. The van der Waals surface area contributed by atoms with Crippen molar-refractivity contribution in [3.63, 3.8) is 0 Å². The van der Waals surface area contributed by atoms with Gasteiger partial charge in [-0.1, -0.05) is 35.2 Å².